The molecule has 0 unspecified atom stereocenters. The molecule has 2 saturated heterocycles. The predicted octanol–water partition coefficient (Wildman–Crippen LogP) is 1.43. The summed E-state index contributed by atoms with van der Waals surface area (Å²) in [5.74, 6) is 0.416. The van der Waals surface area contributed by atoms with Crippen LogP contribution in [0.3, 0.4) is 0 Å². The maximum Gasteiger partial charge on any atom is 0.242 e. The first-order chi connectivity index (χ1) is 12.2. The van der Waals surface area contributed by atoms with Crippen molar-refractivity contribution in [3.8, 4) is 0 Å². The molecule has 1 aromatic carbocycles. The lowest BCUT2D eigenvalue weighted by Gasteiger charge is -2.38. The summed E-state index contributed by atoms with van der Waals surface area (Å²) in [5, 5.41) is 0.950. The number of anilines is 1. The van der Waals surface area contributed by atoms with Crippen LogP contribution in [-0.2, 0) is 14.3 Å². The quantitative estimate of drug-likeness (QED) is 0.841. The molecule has 1 amide bonds. The fourth-order valence-corrected chi connectivity index (χ4v) is 3.56. The largest absolute Gasteiger partial charge is 0.350 e. The van der Waals surface area contributed by atoms with E-state index in [0.29, 0.717) is 26.3 Å². The Kier molecular flexibility index (Phi) is 4.27. The molecule has 2 fully saturated rings. The van der Waals surface area contributed by atoms with Crippen LogP contribution in [0.25, 0.3) is 10.9 Å². The van der Waals surface area contributed by atoms with Gasteiger partial charge in [0.1, 0.15) is 12.1 Å². The van der Waals surface area contributed by atoms with Gasteiger partial charge in [-0.15, -0.1) is 0 Å². The number of nitrogens with zero attached hydrogens (tertiary/aromatic N) is 4. The summed E-state index contributed by atoms with van der Waals surface area (Å²) in [4.78, 5) is 25.1. The van der Waals surface area contributed by atoms with Crippen molar-refractivity contribution in [2.75, 3.05) is 44.8 Å². The lowest BCUT2D eigenvalue weighted by Crippen LogP contribution is -2.49. The van der Waals surface area contributed by atoms with E-state index in [-0.39, 0.29) is 12.5 Å². The van der Waals surface area contributed by atoms with Gasteiger partial charge in [0.05, 0.1) is 25.3 Å². The van der Waals surface area contributed by atoms with Gasteiger partial charge in [-0.05, 0) is 12.1 Å². The highest BCUT2D eigenvalue weighted by atomic mass is 16.7. The zero-order valence-electron chi connectivity index (χ0n) is 14.4. The van der Waals surface area contributed by atoms with Crippen molar-refractivity contribution in [2.24, 2.45) is 0 Å². The van der Waals surface area contributed by atoms with Gasteiger partial charge in [-0.3, -0.25) is 4.79 Å². The molecule has 7 nitrogen and oxygen atoms in total. The molecular weight excluding hydrogens is 320 g/mol. The molecule has 0 radical (unpaired) electrons. The minimum Gasteiger partial charge on any atom is -0.350 e. The molecule has 1 spiro atoms. The summed E-state index contributed by atoms with van der Waals surface area (Å²) in [6.07, 6.45) is 3.01. The van der Waals surface area contributed by atoms with E-state index >= 15 is 0 Å². The Bertz CT molecular complexity index is 761. The Hall–Kier alpha value is -2.25. The molecule has 25 heavy (non-hydrogen) atoms. The van der Waals surface area contributed by atoms with Gasteiger partial charge in [0.15, 0.2) is 5.79 Å². The maximum absolute atomic E-state index is 12.7. The van der Waals surface area contributed by atoms with Gasteiger partial charge in [-0.2, -0.15) is 0 Å². The summed E-state index contributed by atoms with van der Waals surface area (Å²) in [6, 6.07) is 7.82. The van der Waals surface area contributed by atoms with E-state index in [9.17, 15) is 4.79 Å². The number of amides is 1. The van der Waals surface area contributed by atoms with E-state index in [0.717, 1.165) is 29.6 Å². The highest BCUT2D eigenvalue weighted by Crippen LogP contribution is 2.31. The van der Waals surface area contributed by atoms with Crippen molar-refractivity contribution in [1.82, 2.24) is 14.9 Å². The molecule has 0 aliphatic carbocycles. The third-order valence-corrected chi connectivity index (χ3v) is 4.95. The monoisotopic (exact) mass is 342 g/mol. The fourth-order valence-electron chi connectivity index (χ4n) is 3.56. The van der Waals surface area contributed by atoms with Crippen LogP contribution in [0, 0.1) is 0 Å². The Morgan fingerprint density at radius 2 is 1.92 bits per heavy atom. The van der Waals surface area contributed by atoms with Crippen LogP contribution < -0.4 is 4.90 Å². The molecule has 0 N–H and O–H groups in total. The van der Waals surface area contributed by atoms with Crippen LogP contribution in [0.2, 0.25) is 0 Å². The summed E-state index contributed by atoms with van der Waals surface area (Å²) in [6.45, 7) is 2.92. The van der Waals surface area contributed by atoms with E-state index in [1.165, 1.54) is 6.33 Å². The first-order valence-corrected chi connectivity index (χ1v) is 8.63. The van der Waals surface area contributed by atoms with Crippen LogP contribution in [-0.4, -0.2) is 66.5 Å². The predicted molar refractivity (Wildman–Crippen MR) is 93.3 cm³/mol. The van der Waals surface area contributed by atoms with E-state index in [4.69, 9.17) is 9.47 Å². The molecule has 2 aliphatic rings. The number of likely N-dealkylation sites (N-methyl/N-ethyl adjacent to an activating group) is 1. The number of benzene rings is 1. The van der Waals surface area contributed by atoms with E-state index < -0.39 is 5.79 Å². The average molecular weight is 342 g/mol. The number of carbonyl (C=O) groups is 1. The highest BCUT2D eigenvalue weighted by Gasteiger charge is 2.40. The summed E-state index contributed by atoms with van der Waals surface area (Å²) in [7, 11) is 1.89. The van der Waals surface area contributed by atoms with Crippen molar-refractivity contribution < 1.29 is 14.3 Å². The number of rotatable bonds is 3. The number of aromatic nitrogens is 2. The van der Waals surface area contributed by atoms with Crippen LogP contribution >= 0.6 is 0 Å². The van der Waals surface area contributed by atoms with Crippen molar-refractivity contribution in [3.63, 3.8) is 0 Å². The van der Waals surface area contributed by atoms with E-state index in [1.807, 2.05) is 41.1 Å². The molecule has 1 aromatic heterocycles. The van der Waals surface area contributed by atoms with Crippen molar-refractivity contribution in [1.29, 1.82) is 0 Å². The third-order valence-electron chi connectivity index (χ3n) is 4.95. The van der Waals surface area contributed by atoms with Crippen molar-refractivity contribution in [2.45, 2.75) is 18.6 Å². The van der Waals surface area contributed by atoms with Gasteiger partial charge in [-0.25, -0.2) is 9.97 Å². The standard InChI is InChI=1S/C18H22N4O3/c1-21(17-14-4-2-3-5-15(14)19-13-20-17)12-16(23)22-8-6-18(7-9-22)24-10-11-25-18/h2-5,13H,6-12H2,1H3. The van der Waals surface area contributed by atoms with Gasteiger partial charge < -0.3 is 19.3 Å². The Morgan fingerprint density at radius 3 is 2.68 bits per heavy atom. The number of hydrogen-bond acceptors (Lipinski definition) is 6. The minimum absolute atomic E-state index is 0.0954. The lowest BCUT2D eigenvalue weighted by atomic mass is 10.0. The molecule has 2 aliphatic heterocycles. The second-order valence-corrected chi connectivity index (χ2v) is 6.56. The highest BCUT2D eigenvalue weighted by molar-refractivity contribution is 5.91. The first-order valence-electron chi connectivity index (χ1n) is 8.63. The Morgan fingerprint density at radius 1 is 1.20 bits per heavy atom. The summed E-state index contributed by atoms with van der Waals surface area (Å²) in [5.41, 5.74) is 0.877. The summed E-state index contributed by atoms with van der Waals surface area (Å²) >= 11 is 0. The minimum atomic E-state index is -0.453. The van der Waals surface area contributed by atoms with E-state index in [1.54, 1.807) is 0 Å². The van der Waals surface area contributed by atoms with Gasteiger partial charge in [0.2, 0.25) is 5.91 Å². The van der Waals surface area contributed by atoms with Crippen molar-refractivity contribution >= 4 is 22.6 Å². The molecule has 2 aromatic rings. The number of carbonyl (C=O) groups excluding carboxylic acids is 1. The van der Waals surface area contributed by atoms with Crippen LogP contribution in [0.5, 0.6) is 0 Å². The zero-order valence-corrected chi connectivity index (χ0v) is 14.4. The molecule has 3 heterocycles. The molecule has 0 bridgehead atoms. The van der Waals surface area contributed by atoms with Crippen molar-refractivity contribution in [3.05, 3.63) is 30.6 Å². The molecule has 4 rings (SSSR count). The molecule has 0 atom stereocenters. The number of fused-ring (bicyclic) bond motifs is 1. The maximum atomic E-state index is 12.7. The average Bonchev–Trinajstić information content (AvgIpc) is 3.09. The number of ether oxygens (including phenoxy) is 2. The molecule has 0 saturated carbocycles. The number of piperidine rings is 1. The summed E-state index contributed by atoms with van der Waals surface area (Å²) < 4.78 is 11.4. The Balaban J connectivity index is 1.42. The molecule has 132 valence electrons. The van der Waals surface area contributed by atoms with Gasteiger partial charge in [0, 0.05) is 38.4 Å². The Labute approximate surface area is 146 Å². The van der Waals surface area contributed by atoms with Gasteiger partial charge in [-0.1, -0.05) is 12.1 Å². The number of likely N-dealkylation sites (tertiary alicyclic amines) is 1. The lowest BCUT2D eigenvalue weighted by molar-refractivity contribution is -0.187. The zero-order chi connectivity index (χ0) is 17.3. The van der Waals surface area contributed by atoms with Crippen LogP contribution in [0.1, 0.15) is 12.8 Å². The smallest absolute Gasteiger partial charge is 0.242 e. The second kappa shape index (κ2) is 6.57. The normalized spacial score (nSPS) is 19.5. The van der Waals surface area contributed by atoms with E-state index in [2.05, 4.69) is 9.97 Å². The van der Waals surface area contributed by atoms with Gasteiger partial charge in [0.25, 0.3) is 0 Å². The van der Waals surface area contributed by atoms with Crippen LogP contribution in [0.15, 0.2) is 30.6 Å². The SMILES string of the molecule is CN(CC(=O)N1CCC2(CC1)OCCO2)c1ncnc2ccccc12. The third kappa shape index (κ3) is 3.17. The van der Waals surface area contributed by atoms with Crippen LogP contribution in [0.4, 0.5) is 5.82 Å². The first kappa shape index (κ1) is 16.2. The topological polar surface area (TPSA) is 67.8 Å². The van der Waals surface area contributed by atoms with Gasteiger partial charge >= 0.3 is 0 Å². The molecular formula is C18H22N4O3. The number of para-hydroxylation sites is 1. The fraction of sp³-hybridized carbons (Fsp3) is 0.500. The number of hydrogen-bond donors (Lipinski definition) is 0. The molecule has 7 heteroatoms. The second-order valence-electron chi connectivity index (χ2n) is 6.56.